The van der Waals surface area contributed by atoms with Gasteiger partial charge in [-0.05, 0) is 24.3 Å². The highest BCUT2D eigenvalue weighted by atomic mass is 16.6. The van der Waals surface area contributed by atoms with Crippen LogP contribution in [-0.2, 0) is 111 Å². The van der Waals surface area contributed by atoms with E-state index < -0.39 is 6.04 Å². The molecule has 3 amide bonds. The first kappa shape index (κ1) is 82.1. The number of nitriles is 1. The summed E-state index contributed by atoms with van der Waals surface area (Å²) in [6, 6.07) is 8.29. The van der Waals surface area contributed by atoms with E-state index in [1.165, 1.54) is 0 Å². The summed E-state index contributed by atoms with van der Waals surface area (Å²) in [4.78, 5) is 38.9. The number of carbonyl (C=O) groups is 3. The summed E-state index contributed by atoms with van der Waals surface area (Å²) in [6.45, 7) is 16.5. The third-order valence-corrected chi connectivity index (χ3v) is 11.5. The Hall–Kier alpha value is -5.02. The number of rotatable bonds is 69. The number of nitrogens with one attached hydrogen (secondary N) is 3. The molecule has 0 unspecified atom stereocenters. The second kappa shape index (κ2) is 65.1. The minimum absolute atomic E-state index is 0.00303. The summed E-state index contributed by atoms with van der Waals surface area (Å²) in [5.74, 6) is 4.00. The van der Waals surface area contributed by atoms with Crippen molar-refractivity contribution in [2.45, 2.75) is 31.9 Å². The van der Waals surface area contributed by atoms with E-state index in [1.54, 1.807) is 29.1 Å². The third kappa shape index (κ3) is 55.2. The lowest BCUT2D eigenvalue weighted by molar-refractivity contribution is -0.126. The fraction of sp³-hybridized carbons (Fsp3) is 0.767. The minimum atomic E-state index is -0.790. The standard InChI is InChI=1S/C60H103N9O22/c61-8-1-2-54-3-5-57(6-4-54)69-52-56(67-68-69)53-91-49-48-90-47-46-89-33-28-78-23-18-73-13-7-58(70)66-55(50-59(71)64-11-16-76-21-26-81-31-36-85-40-44-87-42-38-83-34-29-79-24-19-74-14-9-62)51-60(72)65-12-17-77-22-27-82-32-37-86-41-45-88-43-39-84-35-30-80-25-20-75-15-10-63/h3-6,52,55H,7,9-51,53,62-63H2,(H,64,71)(H,65,72)(H,66,70). The number of benzene rings is 1. The maximum Gasteiger partial charge on any atom is 0.222 e. The summed E-state index contributed by atoms with van der Waals surface area (Å²) >= 11 is 0. The highest BCUT2D eigenvalue weighted by molar-refractivity contribution is 5.83. The van der Waals surface area contributed by atoms with Crippen LogP contribution in [0.2, 0.25) is 0 Å². The first-order valence-corrected chi connectivity index (χ1v) is 31.1. The van der Waals surface area contributed by atoms with E-state index in [0.29, 0.717) is 237 Å². The predicted octanol–water partition coefficient (Wildman–Crippen LogP) is -1.24. The van der Waals surface area contributed by atoms with Gasteiger partial charge < -0.3 is 117 Å². The molecule has 0 fully saturated rings. The van der Waals surface area contributed by atoms with Gasteiger partial charge in [-0.2, -0.15) is 5.26 Å². The molecule has 2 rings (SSSR count). The molecule has 0 aliphatic rings. The normalized spacial score (nSPS) is 11.3. The molecule has 91 heavy (non-hydrogen) atoms. The molecule has 0 spiro atoms. The molecule has 0 saturated heterocycles. The molecule has 1 heterocycles. The summed E-state index contributed by atoms with van der Waals surface area (Å²) in [5.41, 5.74) is 12.9. The number of ether oxygens (including phenoxy) is 19. The molecule has 0 atom stereocenters. The maximum absolute atomic E-state index is 13.0. The Labute approximate surface area is 536 Å². The van der Waals surface area contributed by atoms with Gasteiger partial charge >= 0.3 is 0 Å². The summed E-state index contributed by atoms with van der Waals surface area (Å²) < 4.78 is 106. The van der Waals surface area contributed by atoms with Crippen LogP contribution in [0.4, 0.5) is 0 Å². The van der Waals surface area contributed by atoms with Crippen molar-refractivity contribution in [1.29, 1.82) is 5.26 Å². The monoisotopic (exact) mass is 1300 g/mol. The van der Waals surface area contributed by atoms with Crippen molar-refractivity contribution in [2.24, 2.45) is 11.5 Å². The van der Waals surface area contributed by atoms with Crippen molar-refractivity contribution < 1.29 is 104 Å². The Bertz CT molecular complexity index is 2030. The maximum atomic E-state index is 13.0. The van der Waals surface area contributed by atoms with E-state index in [4.69, 9.17) is 107 Å². The minimum Gasteiger partial charge on any atom is -0.379 e. The molecule has 31 heteroatoms. The SMILES string of the molecule is N#CC#Cc1ccc(-n2cc(COCCOCCOCCOCCOCCC(=O)NC(CC(=O)NCCOCCOCCOCCOCCOCCOCCOCCN)CC(=O)NCCOCCOCCOCCOCCOCCOCCOCCN)nn2)cc1. The molecule has 0 radical (unpaired) electrons. The van der Waals surface area contributed by atoms with Gasteiger partial charge in [0.1, 0.15) is 5.69 Å². The van der Waals surface area contributed by atoms with Crippen LogP contribution >= 0.6 is 0 Å². The van der Waals surface area contributed by atoms with E-state index in [1.807, 2.05) is 12.1 Å². The van der Waals surface area contributed by atoms with Crippen LogP contribution in [0.3, 0.4) is 0 Å². The van der Waals surface area contributed by atoms with E-state index >= 15 is 0 Å². The average molecular weight is 1300 g/mol. The van der Waals surface area contributed by atoms with Crippen molar-refractivity contribution in [1.82, 2.24) is 30.9 Å². The second-order valence-electron chi connectivity index (χ2n) is 18.8. The summed E-state index contributed by atoms with van der Waals surface area (Å²) in [6.07, 6.45) is 1.50. The summed E-state index contributed by atoms with van der Waals surface area (Å²) in [7, 11) is 0. The van der Waals surface area contributed by atoms with Gasteiger partial charge in [-0.1, -0.05) is 11.1 Å². The van der Waals surface area contributed by atoms with Crippen LogP contribution in [0, 0.1) is 23.2 Å². The number of hydrogen-bond acceptors (Lipinski definition) is 27. The quantitative estimate of drug-likeness (QED) is 0.0382. The molecule has 1 aromatic heterocycles. The smallest absolute Gasteiger partial charge is 0.222 e. The van der Waals surface area contributed by atoms with Crippen LogP contribution in [0.1, 0.15) is 30.5 Å². The molecular weight excluding hydrogens is 1200 g/mol. The van der Waals surface area contributed by atoms with E-state index in [0.717, 1.165) is 11.3 Å². The lowest BCUT2D eigenvalue weighted by Crippen LogP contribution is -2.43. The molecule has 0 saturated carbocycles. The van der Waals surface area contributed by atoms with Crippen LogP contribution in [-0.4, -0.2) is 309 Å². The lowest BCUT2D eigenvalue weighted by atomic mass is 10.1. The van der Waals surface area contributed by atoms with Crippen molar-refractivity contribution in [3.8, 4) is 23.6 Å². The topological polar surface area (TPSA) is 369 Å². The highest BCUT2D eigenvalue weighted by Gasteiger charge is 2.20. The van der Waals surface area contributed by atoms with Crippen molar-refractivity contribution in [2.75, 3.05) is 271 Å². The van der Waals surface area contributed by atoms with Crippen LogP contribution < -0.4 is 27.4 Å². The first-order valence-electron chi connectivity index (χ1n) is 31.1. The van der Waals surface area contributed by atoms with Crippen LogP contribution in [0.5, 0.6) is 0 Å². The Kier molecular flexibility index (Phi) is 58.7. The number of amides is 3. The first-order chi connectivity index (χ1) is 44.9. The van der Waals surface area contributed by atoms with Gasteiger partial charge in [-0.15, -0.1) is 5.10 Å². The average Bonchev–Trinajstić information content (AvgIpc) is 3.81. The van der Waals surface area contributed by atoms with Crippen molar-refractivity contribution in [3.05, 3.63) is 41.7 Å². The number of nitrogens with two attached hydrogens (primary N) is 2. The molecule has 7 N–H and O–H groups in total. The molecule has 0 bridgehead atoms. The zero-order valence-electron chi connectivity index (χ0n) is 53.2. The largest absolute Gasteiger partial charge is 0.379 e. The zero-order chi connectivity index (χ0) is 65.1. The van der Waals surface area contributed by atoms with Gasteiger partial charge in [-0.3, -0.25) is 14.4 Å². The number of nitrogens with zero attached hydrogens (tertiary/aromatic N) is 4. The molecule has 520 valence electrons. The number of carbonyl (C=O) groups excluding carboxylic acids is 3. The van der Waals surface area contributed by atoms with Gasteiger partial charge in [0.2, 0.25) is 17.7 Å². The predicted molar refractivity (Wildman–Crippen MR) is 328 cm³/mol. The molecule has 1 aromatic carbocycles. The highest BCUT2D eigenvalue weighted by Crippen LogP contribution is 2.09. The van der Waals surface area contributed by atoms with Gasteiger partial charge in [0.15, 0.2) is 6.07 Å². The number of aromatic nitrogens is 3. The van der Waals surface area contributed by atoms with E-state index in [2.05, 4.69) is 38.1 Å². The molecule has 31 nitrogen and oxygen atoms in total. The van der Waals surface area contributed by atoms with Crippen LogP contribution in [0.25, 0.3) is 5.69 Å². The molecular formula is C60H103N9O22. The van der Waals surface area contributed by atoms with Crippen molar-refractivity contribution >= 4 is 17.7 Å². The zero-order valence-corrected chi connectivity index (χ0v) is 53.2. The molecule has 2 aromatic rings. The van der Waals surface area contributed by atoms with E-state index in [9.17, 15) is 14.4 Å². The molecule has 0 aliphatic heterocycles. The van der Waals surface area contributed by atoms with Gasteiger partial charge in [0.25, 0.3) is 0 Å². The number of hydrogen-bond donors (Lipinski definition) is 5. The lowest BCUT2D eigenvalue weighted by Gasteiger charge is -2.18. The van der Waals surface area contributed by atoms with Crippen molar-refractivity contribution in [3.63, 3.8) is 0 Å². The Balaban J connectivity index is 1.53. The molecule has 0 aliphatic carbocycles. The van der Waals surface area contributed by atoms with E-state index in [-0.39, 0.29) is 83.1 Å². The third-order valence-electron chi connectivity index (χ3n) is 11.5. The Morgan fingerprint density at radius 2 is 0.725 bits per heavy atom. The second-order valence-corrected chi connectivity index (χ2v) is 18.8. The fourth-order valence-corrected chi connectivity index (χ4v) is 7.11. The van der Waals surface area contributed by atoms with Crippen LogP contribution in [0.15, 0.2) is 30.5 Å². The Morgan fingerprint density at radius 1 is 0.418 bits per heavy atom. The van der Waals surface area contributed by atoms with Gasteiger partial charge in [0, 0.05) is 63.0 Å². The fourth-order valence-electron chi connectivity index (χ4n) is 7.11. The summed E-state index contributed by atoms with van der Waals surface area (Å²) in [5, 5.41) is 25.2. The van der Waals surface area contributed by atoms with Gasteiger partial charge in [-0.25, -0.2) is 4.68 Å². The van der Waals surface area contributed by atoms with Gasteiger partial charge in [0.05, 0.1) is 263 Å². The Morgan fingerprint density at radius 3 is 1.05 bits per heavy atom.